The lowest BCUT2D eigenvalue weighted by Crippen LogP contribution is -2.42. The van der Waals surface area contributed by atoms with Gasteiger partial charge in [-0.2, -0.15) is 0 Å². The number of hydrogen-bond donors (Lipinski definition) is 1. The van der Waals surface area contributed by atoms with E-state index in [1.165, 1.54) is 58.2 Å². The Bertz CT molecular complexity index is 201. The average Bonchev–Trinajstić information content (AvgIpc) is 3.05. The molecule has 0 bridgehead atoms. The molecule has 0 aromatic heterocycles. The second-order valence-electron chi connectivity index (χ2n) is 5.92. The smallest absolute Gasteiger partial charge is 0.0110 e. The quantitative estimate of drug-likeness (QED) is 0.746. The molecule has 2 aliphatic rings. The minimum atomic E-state index is 0.729. The van der Waals surface area contributed by atoms with Gasteiger partial charge in [0.2, 0.25) is 0 Å². The molecule has 0 spiro atoms. The maximum absolute atomic E-state index is 3.68. The van der Waals surface area contributed by atoms with Crippen LogP contribution in [0.4, 0.5) is 0 Å². The number of rotatable bonds is 6. The standard InChI is InChI=1S/C14H28N2/c1-12(11-14-6-7-14)15-8-10-16-9-4-3-5-13(16)2/h12-15H,3-11H2,1-2H3. The summed E-state index contributed by atoms with van der Waals surface area (Å²) in [6.07, 6.45) is 8.60. The predicted octanol–water partition coefficient (Wildman–Crippen LogP) is 2.64. The monoisotopic (exact) mass is 224 g/mol. The largest absolute Gasteiger partial charge is 0.313 e. The van der Waals surface area contributed by atoms with Gasteiger partial charge < -0.3 is 5.32 Å². The Morgan fingerprint density at radius 2 is 2.06 bits per heavy atom. The molecule has 1 heterocycles. The molecule has 1 N–H and O–H groups in total. The highest BCUT2D eigenvalue weighted by molar-refractivity contribution is 4.79. The van der Waals surface area contributed by atoms with E-state index in [2.05, 4.69) is 24.1 Å². The maximum atomic E-state index is 3.68. The van der Waals surface area contributed by atoms with E-state index >= 15 is 0 Å². The molecule has 16 heavy (non-hydrogen) atoms. The van der Waals surface area contributed by atoms with E-state index in [1.54, 1.807) is 0 Å². The Morgan fingerprint density at radius 1 is 1.25 bits per heavy atom. The van der Waals surface area contributed by atoms with Gasteiger partial charge in [-0.1, -0.05) is 19.3 Å². The molecule has 0 aromatic carbocycles. The lowest BCUT2D eigenvalue weighted by molar-refractivity contribution is 0.160. The van der Waals surface area contributed by atoms with Crippen LogP contribution in [0.5, 0.6) is 0 Å². The first kappa shape index (κ1) is 12.4. The molecule has 2 heteroatoms. The minimum absolute atomic E-state index is 0.729. The van der Waals surface area contributed by atoms with Gasteiger partial charge in [0.1, 0.15) is 0 Å². The molecule has 0 radical (unpaired) electrons. The van der Waals surface area contributed by atoms with Crippen molar-refractivity contribution in [3.05, 3.63) is 0 Å². The van der Waals surface area contributed by atoms with Crippen LogP contribution in [0, 0.1) is 5.92 Å². The van der Waals surface area contributed by atoms with Crippen LogP contribution >= 0.6 is 0 Å². The summed E-state index contributed by atoms with van der Waals surface area (Å²) in [5.41, 5.74) is 0. The summed E-state index contributed by atoms with van der Waals surface area (Å²) in [5.74, 6) is 1.05. The first-order chi connectivity index (χ1) is 7.75. The van der Waals surface area contributed by atoms with Gasteiger partial charge in [0.25, 0.3) is 0 Å². The van der Waals surface area contributed by atoms with Crippen LogP contribution in [0.25, 0.3) is 0 Å². The average molecular weight is 224 g/mol. The van der Waals surface area contributed by atoms with Crippen LogP contribution < -0.4 is 5.32 Å². The highest BCUT2D eigenvalue weighted by atomic mass is 15.2. The molecule has 0 aromatic rings. The number of nitrogens with one attached hydrogen (secondary N) is 1. The van der Waals surface area contributed by atoms with Crippen molar-refractivity contribution in [1.82, 2.24) is 10.2 Å². The van der Waals surface area contributed by atoms with Gasteiger partial charge in [-0.15, -0.1) is 0 Å². The van der Waals surface area contributed by atoms with Crippen molar-refractivity contribution < 1.29 is 0 Å². The fraction of sp³-hybridized carbons (Fsp3) is 1.00. The number of nitrogens with zero attached hydrogens (tertiary/aromatic N) is 1. The van der Waals surface area contributed by atoms with Gasteiger partial charge in [0, 0.05) is 25.2 Å². The Morgan fingerprint density at radius 3 is 2.75 bits per heavy atom. The maximum Gasteiger partial charge on any atom is 0.0110 e. The fourth-order valence-electron chi connectivity index (χ4n) is 2.88. The molecular formula is C14H28N2. The van der Waals surface area contributed by atoms with Crippen LogP contribution in [0.1, 0.15) is 52.4 Å². The zero-order chi connectivity index (χ0) is 11.4. The third-order valence-electron chi connectivity index (χ3n) is 4.22. The highest BCUT2D eigenvalue weighted by Gasteiger charge is 2.23. The van der Waals surface area contributed by atoms with Gasteiger partial charge in [-0.25, -0.2) is 0 Å². The van der Waals surface area contributed by atoms with Crippen molar-refractivity contribution >= 4 is 0 Å². The molecular weight excluding hydrogens is 196 g/mol. The molecule has 94 valence electrons. The Labute approximate surface area is 101 Å². The topological polar surface area (TPSA) is 15.3 Å². The second kappa shape index (κ2) is 6.02. The summed E-state index contributed by atoms with van der Waals surface area (Å²) in [5, 5.41) is 3.68. The molecule has 1 saturated carbocycles. The van der Waals surface area contributed by atoms with Gasteiger partial charge in [0.05, 0.1) is 0 Å². The van der Waals surface area contributed by atoms with Gasteiger partial charge >= 0.3 is 0 Å². The zero-order valence-electron chi connectivity index (χ0n) is 11.0. The summed E-state index contributed by atoms with van der Waals surface area (Å²) in [7, 11) is 0. The Hall–Kier alpha value is -0.0800. The lowest BCUT2D eigenvalue weighted by Gasteiger charge is -2.33. The molecule has 1 saturated heterocycles. The predicted molar refractivity (Wildman–Crippen MR) is 69.7 cm³/mol. The number of piperidine rings is 1. The van der Waals surface area contributed by atoms with Crippen LogP contribution in [-0.2, 0) is 0 Å². The van der Waals surface area contributed by atoms with E-state index in [1.807, 2.05) is 0 Å². The molecule has 0 amide bonds. The highest BCUT2D eigenvalue weighted by Crippen LogP contribution is 2.33. The van der Waals surface area contributed by atoms with E-state index in [0.717, 1.165) is 18.0 Å². The summed E-state index contributed by atoms with van der Waals surface area (Å²) in [4.78, 5) is 2.65. The second-order valence-corrected chi connectivity index (χ2v) is 5.92. The summed E-state index contributed by atoms with van der Waals surface area (Å²) in [6, 6.07) is 1.54. The summed E-state index contributed by atoms with van der Waals surface area (Å²) < 4.78 is 0. The van der Waals surface area contributed by atoms with Crippen molar-refractivity contribution in [3.63, 3.8) is 0 Å². The number of likely N-dealkylation sites (tertiary alicyclic amines) is 1. The first-order valence-electron chi connectivity index (χ1n) is 7.23. The fourth-order valence-corrected chi connectivity index (χ4v) is 2.88. The molecule has 2 fully saturated rings. The minimum Gasteiger partial charge on any atom is -0.313 e. The van der Waals surface area contributed by atoms with Crippen molar-refractivity contribution in [2.45, 2.75) is 64.5 Å². The van der Waals surface area contributed by atoms with Gasteiger partial charge in [0.15, 0.2) is 0 Å². The molecule has 2 unspecified atom stereocenters. The Kier molecular flexibility index (Phi) is 4.66. The summed E-state index contributed by atoms with van der Waals surface area (Å²) >= 11 is 0. The molecule has 2 rings (SSSR count). The van der Waals surface area contributed by atoms with Crippen molar-refractivity contribution in [3.8, 4) is 0 Å². The molecule has 2 atom stereocenters. The van der Waals surface area contributed by atoms with Crippen molar-refractivity contribution in [2.24, 2.45) is 5.92 Å². The van der Waals surface area contributed by atoms with Crippen molar-refractivity contribution in [1.29, 1.82) is 0 Å². The van der Waals surface area contributed by atoms with Crippen LogP contribution in [0.15, 0.2) is 0 Å². The zero-order valence-corrected chi connectivity index (χ0v) is 11.0. The lowest BCUT2D eigenvalue weighted by atomic mass is 10.0. The summed E-state index contributed by atoms with van der Waals surface area (Å²) in [6.45, 7) is 8.47. The van der Waals surface area contributed by atoms with Crippen LogP contribution in [0.2, 0.25) is 0 Å². The van der Waals surface area contributed by atoms with E-state index in [0.29, 0.717) is 0 Å². The van der Waals surface area contributed by atoms with E-state index in [9.17, 15) is 0 Å². The van der Waals surface area contributed by atoms with Gasteiger partial charge in [-0.05, 0) is 45.6 Å². The Balaban J connectivity index is 1.55. The third kappa shape index (κ3) is 4.06. The molecule has 1 aliphatic carbocycles. The normalized spacial score (nSPS) is 29.2. The third-order valence-corrected chi connectivity index (χ3v) is 4.22. The van der Waals surface area contributed by atoms with Crippen LogP contribution in [-0.4, -0.2) is 36.6 Å². The first-order valence-corrected chi connectivity index (χ1v) is 7.23. The van der Waals surface area contributed by atoms with E-state index in [-0.39, 0.29) is 0 Å². The van der Waals surface area contributed by atoms with E-state index in [4.69, 9.17) is 0 Å². The van der Waals surface area contributed by atoms with Crippen molar-refractivity contribution in [2.75, 3.05) is 19.6 Å². The van der Waals surface area contributed by atoms with E-state index < -0.39 is 0 Å². The molecule has 1 aliphatic heterocycles. The number of hydrogen-bond acceptors (Lipinski definition) is 2. The van der Waals surface area contributed by atoms with Crippen LogP contribution in [0.3, 0.4) is 0 Å². The van der Waals surface area contributed by atoms with Gasteiger partial charge in [-0.3, -0.25) is 4.90 Å². The SMILES string of the molecule is CC(CC1CC1)NCCN1CCCCC1C. The molecule has 2 nitrogen and oxygen atoms in total.